The van der Waals surface area contributed by atoms with Crippen molar-refractivity contribution in [3.63, 3.8) is 0 Å². The number of aromatic nitrogens is 4. The van der Waals surface area contributed by atoms with E-state index in [0.717, 1.165) is 69.0 Å². The summed E-state index contributed by atoms with van der Waals surface area (Å²) in [4.78, 5) is 9.35. The lowest BCUT2D eigenvalue weighted by Crippen LogP contribution is -2.47. The molecule has 0 radical (unpaired) electrons. The van der Waals surface area contributed by atoms with Crippen LogP contribution in [0.25, 0.3) is 22.5 Å². The molecular formula is C41H50N10O2. The third-order valence-corrected chi connectivity index (χ3v) is 11.3. The van der Waals surface area contributed by atoms with Gasteiger partial charge in [0, 0.05) is 74.6 Å². The van der Waals surface area contributed by atoms with E-state index in [1.165, 1.54) is 5.56 Å². The fourth-order valence-corrected chi connectivity index (χ4v) is 7.86. The first-order valence-electron chi connectivity index (χ1n) is 18.5. The molecule has 3 aromatic carbocycles. The Bertz CT molecular complexity index is 2010. The average molecular weight is 715 g/mol. The predicted molar refractivity (Wildman–Crippen MR) is 212 cm³/mol. The van der Waals surface area contributed by atoms with Crippen molar-refractivity contribution in [1.82, 2.24) is 30.2 Å². The summed E-state index contributed by atoms with van der Waals surface area (Å²) in [5, 5.41) is 39.1. The first-order chi connectivity index (χ1) is 25.7. The second kappa shape index (κ2) is 15.6. The van der Waals surface area contributed by atoms with Gasteiger partial charge in [-0.25, -0.2) is 0 Å². The quantitative estimate of drug-likeness (QED) is 0.138. The summed E-state index contributed by atoms with van der Waals surface area (Å²) in [6.45, 7) is 10.2. The number of phenolic OH excluding ortho intramolecular Hbond substituents is 2. The molecule has 53 heavy (non-hydrogen) atoms. The van der Waals surface area contributed by atoms with Crippen molar-refractivity contribution in [2.75, 3.05) is 67.6 Å². The zero-order valence-electron chi connectivity index (χ0n) is 30.8. The standard InChI is InChI=1S/C41H50N10O2/c1-27(30-16-18-50(19-17-30)36-24-34(44-46-40(36)42)32-13-7-8-15-38(32)52)48(3)26-31-12-9-14-33(39(31)53)35-25-37(41(43)47-45-35)51-22-20-49(21-23-51)28(2)29-10-5-4-6-11-29/h4-15,24-25,27-28,30,52-53H,16-23,26H2,1-3H3,(H2,42,46)(H2,43,47)/t27-,28?/m1/s1. The van der Waals surface area contributed by atoms with E-state index in [0.29, 0.717) is 52.7 Å². The number of hydrogen-bond acceptors (Lipinski definition) is 12. The van der Waals surface area contributed by atoms with Gasteiger partial charge in [0.1, 0.15) is 11.5 Å². The zero-order chi connectivity index (χ0) is 37.1. The van der Waals surface area contributed by atoms with Gasteiger partial charge in [0.05, 0.1) is 22.8 Å². The molecule has 2 aromatic heterocycles. The highest BCUT2D eigenvalue weighted by atomic mass is 16.3. The van der Waals surface area contributed by atoms with E-state index in [2.05, 4.69) is 91.2 Å². The summed E-state index contributed by atoms with van der Waals surface area (Å²) in [7, 11) is 2.12. The van der Waals surface area contributed by atoms with Crippen LogP contribution in [0.4, 0.5) is 23.0 Å². The molecule has 0 aliphatic carbocycles. The molecule has 1 unspecified atom stereocenters. The number of piperazine rings is 1. The van der Waals surface area contributed by atoms with Crippen molar-refractivity contribution in [2.24, 2.45) is 5.92 Å². The van der Waals surface area contributed by atoms with Gasteiger partial charge in [-0.3, -0.25) is 9.80 Å². The van der Waals surface area contributed by atoms with Crippen LogP contribution in [-0.2, 0) is 6.54 Å². The molecule has 2 fully saturated rings. The Morgan fingerprint density at radius 1 is 0.698 bits per heavy atom. The number of aromatic hydroxyl groups is 2. The number of nitrogens with two attached hydrogens (primary N) is 2. The van der Waals surface area contributed by atoms with Gasteiger partial charge in [0.25, 0.3) is 0 Å². The molecule has 0 spiro atoms. The Balaban J connectivity index is 0.982. The summed E-state index contributed by atoms with van der Waals surface area (Å²) in [5.74, 6) is 1.62. The molecule has 5 aromatic rings. The molecule has 2 aliphatic heterocycles. The molecule has 0 saturated carbocycles. The molecule has 0 bridgehead atoms. The lowest BCUT2D eigenvalue weighted by molar-refractivity contribution is 0.161. The van der Waals surface area contributed by atoms with Crippen molar-refractivity contribution in [3.05, 3.63) is 96.1 Å². The van der Waals surface area contributed by atoms with Crippen LogP contribution in [0, 0.1) is 5.92 Å². The number of para-hydroxylation sites is 2. The summed E-state index contributed by atoms with van der Waals surface area (Å²) in [6.07, 6.45) is 1.96. The Morgan fingerprint density at radius 2 is 1.26 bits per heavy atom. The number of nitrogens with zero attached hydrogens (tertiary/aromatic N) is 8. The van der Waals surface area contributed by atoms with Gasteiger partial charge < -0.3 is 31.5 Å². The first kappa shape index (κ1) is 35.9. The lowest BCUT2D eigenvalue weighted by Gasteiger charge is -2.39. The molecule has 12 heteroatoms. The monoisotopic (exact) mass is 714 g/mol. The minimum absolute atomic E-state index is 0.162. The van der Waals surface area contributed by atoms with E-state index < -0.39 is 0 Å². The van der Waals surface area contributed by atoms with Crippen LogP contribution in [0.1, 0.15) is 43.9 Å². The highest BCUT2D eigenvalue weighted by molar-refractivity contribution is 5.76. The number of rotatable bonds is 10. The van der Waals surface area contributed by atoms with Crippen LogP contribution in [0.5, 0.6) is 11.5 Å². The fourth-order valence-electron chi connectivity index (χ4n) is 7.86. The second-order valence-electron chi connectivity index (χ2n) is 14.4. The fraction of sp³-hybridized carbons (Fsp3) is 0.366. The Morgan fingerprint density at radius 3 is 1.91 bits per heavy atom. The van der Waals surface area contributed by atoms with Crippen LogP contribution in [-0.4, -0.2) is 92.8 Å². The minimum Gasteiger partial charge on any atom is -0.507 e. The number of nitrogen functional groups attached to an aromatic ring is 2. The van der Waals surface area contributed by atoms with Crippen molar-refractivity contribution in [3.8, 4) is 34.0 Å². The number of benzene rings is 3. The number of anilines is 4. The molecule has 0 amide bonds. The zero-order valence-corrected chi connectivity index (χ0v) is 30.8. The maximum atomic E-state index is 11.6. The van der Waals surface area contributed by atoms with Crippen molar-refractivity contribution >= 4 is 23.0 Å². The third kappa shape index (κ3) is 7.69. The molecule has 12 nitrogen and oxygen atoms in total. The van der Waals surface area contributed by atoms with Crippen LogP contribution in [0.3, 0.4) is 0 Å². The molecule has 7 rings (SSSR count). The molecule has 6 N–H and O–H groups in total. The summed E-state index contributed by atoms with van der Waals surface area (Å²) >= 11 is 0. The normalized spacial score (nSPS) is 16.9. The minimum atomic E-state index is 0.162. The van der Waals surface area contributed by atoms with Crippen LogP contribution >= 0.6 is 0 Å². The van der Waals surface area contributed by atoms with E-state index in [-0.39, 0.29) is 17.5 Å². The Hall–Kier alpha value is -5.46. The van der Waals surface area contributed by atoms with Gasteiger partial charge in [-0.15, -0.1) is 20.4 Å². The van der Waals surface area contributed by atoms with E-state index in [1.807, 2.05) is 42.5 Å². The molecule has 2 aliphatic rings. The van der Waals surface area contributed by atoms with Crippen molar-refractivity contribution < 1.29 is 10.2 Å². The largest absolute Gasteiger partial charge is 0.507 e. The maximum Gasteiger partial charge on any atom is 0.169 e. The van der Waals surface area contributed by atoms with Gasteiger partial charge in [-0.2, -0.15) is 0 Å². The SMILES string of the molecule is CC(c1ccccc1)N1CCN(c2cc(-c3cccc(CN(C)[C@H](C)C4CCN(c5cc(-c6ccccc6O)nnc5N)CC4)c3O)nnc2N)CC1. The van der Waals surface area contributed by atoms with Crippen LogP contribution in [0.2, 0.25) is 0 Å². The van der Waals surface area contributed by atoms with E-state index >= 15 is 0 Å². The molecule has 2 saturated heterocycles. The molecule has 276 valence electrons. The number of hydrogen-bond donors (Lipinski definition) is 4. The first-order valence-corrected chi connectivity index (χ1v) is 18.5. The van der Waals surface area contributed by atoms with Crippen LogP contribution < -0.4 is 21.3 Å². The second-order valence-corrected chi connectivity index (χ2v) is 14.4. The van der Waals surface area contributed by atoms with Gasteiger partial charge in [0.15, 0.2) is 11.6 Å². The van der Waals surface area contributed by atoms with Crippen molar-refractivity contribution in [2.45, 2.75) is 45.3 Å². The maximum absolute atomic E-state index is 11.6. The molecule has 2 atom stereocenters. The highest BCUT2D eigenvalue weighted by Crippen LogP contribution is 2.37. The van der Waals surface area contributed by atoms with E-state index in [4.69, 9.17) is 11.5 Å². The highest BCUT2D eigenvalue weighted by Gasteiger charge is 2.29. The predicted octanol–water partition coefficient (Wildman–Crippen LogP) is 5.80. The molecular weight excluding hydrogens is 665 g/mol. The van der Waals surface area contributed by atoms with Crippen LogP contribution in [0.15, 0.2) is 84.9 Å². The Labute approximate surface area is 311 Å². The summed E-state index contributed by atoms with van der Waals surface area (Å²) in [5.41, 5.74) is 19.0. The Kier molecular flexibility index (Phi) is 10.6. The van der Waals surface area contributed by atoms with Gasteiger partial charge in [-0.05, 0) is 75.5 Å². The summed E-state index contributed by atoms with van der Waals surface area (Å²) < 4.78 is 0. The van der Waals surface area contributed by atoms with Gasteiger partial charge in [0.2, 0.25) is 0 Å². The smallest absolute Gasteiger partial charge is 0.169 e. The van der Waals surface area contributed by atoms with E-state index in [9.17, 15) is 10.2 Å². The van der Waals surface area contributed by atoms with Gasteiger partial charge in [-0.1, -0.05) is 54.6 Å². The third-order valence-electron chi connectivity index (χ3n) is 11.3. The lowest BCUT2D eigenvalue weighted by atomic mass is 9.89. The van der Waals surface area contributed by atoms with E-state index in [1.54, 1.807) is 12.1 Å². The van der Waals surface area contributed by atoms with Crippen molar-refractivity contribution in [1.29, 1.82) is 0 Å². The number of piperidine rings is 1. The topological polar surface area (TPSA) is 157 Å². The molecule has 4 heterocycles. The van der Waals surface area contributed by atoms with Gasteiger partial charge >= 0.3 is 0 Å². The summed E-state index contributed by atoms with van der Waals surface area (Å²) in [6, 6.07) is 28.1. The average Bonchev–Trinajstić information content (AvgIpc) is 3.19. The number of phenols is 2.